The summed E-state index contributed by atoms with van der Waals surface area (Å²) in [7, 11) is 2.75. The Labute approximate surface area is 121 Å². The lowest BCUT2D eigenvalue weighted by atomic mass is 10.1. The van der Waals surface area contributed by atoms with Gasteiger partial charge >= 0.3 is 5.97 Å². The van der Waals surface area contributed by atoms with Crippen molar-refractivity contribution in [1.82, 2.24) is 9.78 Å². The lowest BCUT2D eigenvalue weighted by Gasteiger charge is -2.12. The molecule has 0 unspecified atom stereocenters. The summed E-state index contributed by atoms with van der Waals surface area (Å²) < 4.78 is 20.5. The van der Waals surface area contributed by atoms with E-state index in [1.165, 1.54) is 24.9 Å². The average Bonchev–Trinajstić information content (AvgIpc) is 2.75. The molecule has 0 atom stereocenters. The van der Waals surface area contributed by atoms with Crippen molar-refractivity contribution in [1.29, 1.82) is 0 Å². The molecule has 0 aliphatic heterocycles. The molecule has 106 valence electrons. The molecule has 6 nitrogen and oxygen atoms in total. The van der Waals surface area contributed by atoms with E-state index in [4.69, 9.17) is 9.84 Å². The molecule has 0 amide bonds. The Morgan fingerprint density at radius 1 is 1.50 bits per heavy atom. The molecule has 0 saturated carbocycles. The number of carboxylic acid groups (broad SMARTS) is 1. The Kier molecular flexibility index (Phi) is 3.67. The zero-order valence-electron chi connectivity index (χ0n) is 10.5. The van der Waals surface area contributed by atoms with Crippen molar-refractivity contribution >= 4 is 21.9 Å². The molecule has 0 saturated heterocycles. The molecule has 2 N–H and O–H groups in total. The highest BCUT2D eigenvalue weighted by molar-refractivity contribution is 9.10. The first kappa shape index (κ1) is 14.3. The number of hydrogen-bond acceptors (Lipinski definition) is 4. The van der Waals surface area contributed by atoms with Gasteiger partial charge in [0.15, 0.2) is 23.0 Å². The summed E-state index contributed by atoms with van der Waals surface area (Å²) in [5.74, 6) is -2.27. The van der Waals surface area contributed by atoms with E-state index in [-0.39, 0.29) is 32.9 Å². The summed E-state index contributed by atoms with van der Waals surface area (Å²) in [6.07, 6.45) is 0. The number of aromatic nitrogens is 2. The van der Waals surface area contributed by atoms with Crippen LogP contribution in [-0.4, -0.2) is 33.1 Å². The predicted octanol–water partition coefficient (Wildman–Crippen LogP) is 2.40. The fourth-order valence-electron chi connectivity index (χ4n) is 1.84. The Morgan fingerprint density at radius 3 is 2.65 bits per heavy atom. The number of benzene rings is 1. The van der Waals surface area contributed by atoms with Crippen LogP contribution < -0.4 is 4.74 Å². The molecule has 8 heteroatoms. The van der Waals surface area contributed by atoms with Gasteiger partial charge in [-0.25, -0.2) is 9.18 Å². The monoisotopic (exact) mass is 344 g/mol. The van der Waals surface area contributed by atoms with E-state index in [1.807, 2.05) is 0 Å². The van der Waals surface area contributed by atoms with Crippen molar-refractivity contribution in [2.24, 2.45) is 7.05 Å². The number of halogens is 2. The molecule has 2 aromatic rings. The van der Waals surface area contributed by atoms with Crippen LogP contribution in [-0.2, 0) is 7.05 Å². The van der Waals surface area contributed by atoms with Gasteiger partial charge in [-0.2, -0.15) is 5.10 Å². The molecule has 0 aliphatic rings. The van der Waals surface area contributed by atoms with Gasteiger partial charge in [0.25, 0.3) is 0 Å². The van der Waals surface area contributed by atoms with Crippen LogP contribution in [0.15, 0.2) is 16.6 Å². The van der Waals surface area contributed by atoms with E-state index < -0.39 is 11.8 Å². The fourth-order valence-corrected chi connectivity index (χ4v) is 2.25. The molecule has 2 rings (SSSR count). The van der Waals surface area contributed by atoms with Gasteiger partial charge in [0.1, 0.15) is 0 Å². The standard InChI is InChI=1S/C12H10BrFN2O4/c1-16-7(4-6(15-16)12(18)19)9-10(14)5(13)3-8(17)11(9)20-2/h3-4,17H,1-2H3,(H,18,19). The van der Waals surface area contributed by atoms with Gasteiger partial charge in [0.05, 0.1) is 22.8 Å². The van der Waals surface area contributed by atoms with Crippen LogP contribution in [0.4, 0.5) is 4.39 Å². The number of carboxylic acids is 1. The SMILES string of the molecule is COc1c(O)cc(Br)c(F)c1-c1cc(C(=O)O)nn1C. The maximum absolute atomic E-state index is 14.3. The van der Waals surface area contributed by atoms with Crippen LogP contribution in [0.3, 0.4) is 0 Å². The molecule has 0 spiro atoms. The fraction of sp³-hybridized carbons (Fsp3) is 0.167. The Morgan fingerprint density at radius 2 is 2.15 bits per heavy atom. The number of aromatic carboxylic acids is 1. The number of aromatic hydroxyl groups is 1. The molecular weight excluding hydrogens is 335 g/mol. The van der Waals surface area contributed by atoms with E-state index in [0.717, 1.165) is 6.07 Å². The highest BCUT2D eigenvalue weighted by Gasteiger charge is 2.23. The van der Waals surface area contributed by atoms with Crippen LogP contribution in [0.2, 0.25) is 0 Å². The molecule has 1 aromatic heterocycles. The number of phenolic OH excluding ortho intramolecular Hbond substituents is 1. The molecule has 0 radical (unpaired) electrons. The van der Waals surface area contributed by atoms with E-state index in [0.29, 0.717) is 0 Å². The summed E-state index contributed by atoms with van der Waals surface area (Å²) in [5.41, 5.74) is -0.126. The first-order valence-electron chi connectivity index (χ1n) is 5.39. The van der Waals surface area contributed by atoms with Gasteiger partial charge in [-0.05, 0) is 22.0 Å². The number of ether oxygens (including phenoxy) is 1. The van der Waals surface area contributed by atoms with Crippen molar-refractivity contribution in [2.75, 3.05) is 7.11 Å². The Hall–Kier alpha value is -2.09. The van der Waals surface area contributed by atoms with Gasteiger partial charge in [-0.15, -0.1) is 0 Å². The van der Waals surface area contributed by atoms with Gasteiger partial charge in [0.2, 0.25) is 0 Å². The summed E-state index contributed by atoms with van der Waals surface area (Å²) in [4.78, 5) is 10.9. The van der Waals surface area contributed by atoms with Crippen molar-refractivity contribution in [2.45, 2.75) is 0 Å². The minimum atomic E-state index is -1.23. The van der Waals surface area contributed by atoms with Crippen molar-refractivity contribution in [3.05, 3.63) is 28.1 Å². The second-order valence-corrected chi connectivity index (χ2v) is 4.80. The number of methoxy groups -OCH3 is 1. The summed E-state index contributed by atoms with van der Waals surface area (Å²) in [6, 6.07) is 2.36. The van der Waals surface area contributed by atoms with Gasteiger partial charge in [-0.1, -0.05) is 0 Å². The highest BCUT2D eigenvalue weighted by atomic mass is 79.9. The second kappa shape index (κ2) is 5.12. The maximum Gasteiger partial charge on any atom is 0.356 e. The normalized spacial score (nSPS) is 10.6. The third-order valence-electron chi connectivity index (χ3n) is 2.71. The van der Waals surface area contributed by atoms with Crippen molar-refractivity contribution in [3.8, 4) is 22.8 Å². The zero-order chi connectivity index (χ0) is 15.0. The lowest BCUT2D eigenvalue weighted by Crippen LogP contribution is -2.01. The molecule has 0 bridgehead atoms. The first-order valence-corrected chi connectivity index (χ1v) is 6.18. The summed E-state index contributed by atoms with van der Waals surface area (Å²) in [5, 5.41) is 22.5. The minimum Gasteiger partial charge on any atom is -0.504 e. The summed E-state index contributed by atoms with van der Waals surface area (Å²) in [6.45, 7) is 0. The van der Waals surface area contributed by atoms with Crippen LogP contribution in [0, 0.1) is 5.82 Å². The Bertz CT molecular complexity index is 699. The largest absolute Gasteiger partial charge is 0.504 e. The lowest BCUT2D eigenvalue weighted by molar-refractivity contribution is 0.0689. The van der Waals surface area contributed by atoms with Crippen LogP contribution in [0.25, 0.3) is 11.3 Å². The molecule has 1 aromatic carbocycles. The van der Waals surface area contributed by atoms with Gasteiger partial charge in [-0.3, -0.25) is 4.68 Å². The quantitative estimate of drug-likeness (QED) is 0.892. The molecular formula is C12H10BrFN2O4. The van der Waals surface area contributed by atoms with Gasteiger partial charge < -0.3 is 14.9 Å². The van der Waals surface area contributed by atoms with Crippen molar-refractivity contribution in [3.63, 3.8) is 0 Å². The number of rotatable bonds is 3. The predicted molar refractivity (Wildman–Crippen MR) is 71.5 cm³/mol. The zero-order valence-corrected chi connectivity index (χ0v) is 12.1. The third kappa shape index (κ3) is 2.22. The number of nitrogens with zero attached hydrogens (tertiary/aromatic N) is 2. The third-order valence-corrected chi connectivity index (χ3v) is 3.29. The molecule has 0 fully saturated rings. The first-order chi connectivity index (χ1) is 9.36. The number of phenols is 1. The number of aryl methyl sites for hydroxylation is 1. The van der Waals surface area contributed by atoms with E-state index >= 15 is 0 Å². The Balaban J connectivity index is 2.78. The van der Waals surface area contributed by atoms with E-state index in [9.17, 15) is 14.3 Å². The van der Waals surface area contributed by atoms with E-state index in [1.54, 1.807) is 0 Å². The number of carbonyl (C=O) groups is 1. The van der Waals surface area contributed by atoms with E-state index in [2.05, 4.69) is 21.0 Å². The molecule has 1 heterocycles. The van der Waals surface area contributed by atoms with Crippen LogP contribution in [0.5, 0.6) is 11.5 Å². The average molecular weight is 345 g/mol. The summed E-state index contributed by atoms with van der Waals surface area (Å²) >= 11 is 2.98. The minimum absolute atomic E-state index is 0.0314. The second-order valence-electron chi connectivity index (χ2n) is 3.94. The topological polar surface area (TPSA) is 84.6 Å². The molecule has 0 aliphatic carbocycles. The maximum atomic E-state index is 14.3. The van der Waals surface area contributed by atoms with Crippen LogP contribution >= 0.6 is 15.9 Å². The van der Waals surface area contributed by atoms with Crippen molar-refractivity contribution < 1.29 is 24.1 Å². The molecule has 20 heavy (non-hydrogen) atoms. The van der Waals surface area contributed by atoms with Crippen LogP contribution in [0.1, 0.15) is 10.5 Å². The number of hydrogen-bond donors (Lipinski definition) is 2. The highest BCUT2D eigenvalue weighted by Crippen LogP contribution is 2.42. The van der Waals surface area contributed by atoms with Gasteiger partial charge in [0, 0.05) is 13.1 Å². The smallest absolute Gasteiger partial charge is 0.356 e.